The van der Waals surface area contributed by atoms with E-state index in [1.807, 2.05) is 25.1 Å². The Balaban J connectivity index is 2.22. The molecule has 0 aliphatic rings. The molecule has 2 aromatic rings. The number of methoxy groups -OCH3 is 3. The van der Waals surface area contributed by atoms with Crippen molar-refractivity contribution in [1.82, 2.24) is 4.90 Å². The molecule has 0 amide bonds. The van der Waals surface area contributed by atoms with Crippen molar-refractivity contribution in [3.8, 4) is 17.2 Å². The van der Waals surface area contributed by atoms with Crippen LogP contribution in [0.4, 0.5) is 5.69 Å². The number of ether oxygens (including phenoxy) is 3. The van der Waals surface area contributed by atoms with Gasteiger partial charge in [0.2, 0.25) is 0 Å². The van der Waals surface area contributed by atoms with Crippen molar-refractivity contribution in [2.24, 2.45) is 0 Å². The average molecular weight is 360 g/mol. The third-order valence-electron chi connectivity index (χ3n) is 4.17. The van der Waals surface area contributed by atoms with Crippen molar-refractivity contribution in [2.75, 3.05) is 27.9 Å². The fraction of sp³-hybridized carbons (Fsp3) is 0.368. The summed E-state index contributed by atoms with van der Waals surface area (Å²) in [5.74, 6) is 2.00. The second-order valence-corrected chi connectivity index (χ2v) is 5.75. The van der Waals surface area contributed by atoms with Crippen molar-refractivity contribution in [1.29, 1.82) is 0 Å². The second-order valence-electron chi connectivity index (χ2n) is 5.75. The van der Waals surface area contributed by atoms with Crippen LogP contribution in [0.25, 0.3) is 0 Å². The zero-order chi connectivity index (χ0) is 19.1. The molecular formula is C19H24N2O5. The topological polar surface area (TPSA) is 74.1 Å². The SMILES string of the molecule is CCN(Cc1ccc(OC)c(OC)c1)Cc1cc([N+](=O)[O-])ccc1OC. The van der Waals surface area contributed by atoms with Crippen LogP contribution in [0.5, 0.6) is 17.2 Å². The Morgan fingerprint density at radius 1 is 0.923 bits per heavy atom. The van der Waals surface area contributed by atoms with Gasteiger partial charge in [-0.2, -0.15) is 0 Å². The van der Waals surface area contributed by atoms with Crippen molar-refractivity contribution < 1.29 is 19.1 Å². The molecule has 140 valence electrons. The molecule has 0 spiro atoms. The van der Waals surface area contributed by atoms with Crippen molar-refractivity contribution in [3.05, 3.63) is 57.6 Å². The van der Waals surface area contributed by atoms with Crippen LogP contribution in [0.2, 0.25) is 0 Å². The molecule has 7 nitrogen and oxygen atoms in total. The van der Waals surface area contributed by atoms with Gasteiger partial charge in [0.05, 0.1) is 26.3 Å². The maximum Gasteiger partial charge on any atom is 0.270 e. The number of non-ortho nitro benzene ring substituents is 1. The Morgan fingerprint density at radius 2 is 1.58 bits per heavy atom. The zero-order valence-corrected chi connectivity index (χ0v) is 15.5. The Kier molecular flexibility index (Phi) is 6.80. The highest BCUT2D eigenvalue weighted by atomic mass is 16.6. The van der Waals surface area contributed by atoms with Crippen molar-refractivity contribution in [2.45, 2.75) is 20.0 Å². The maximum atomic E-state index is 11.1. The van der Waals surface area contributed by atoms with Crippen molar-refractivity contribution >= 4 is 5.69 Å². The third kappa shape index (κ3) is 4.64. The summed E-state index contributed by atoms with van der Waals surface area (Å²) < 4.78 is 16.0. The van der Waals surface area contributed by atoms with Gasteiger partial charge in [0.25, 0.3) is 5.69 Å². The molecule has 0 saturated heterocycles. The average Bonchev–Trinajstić information content (AvgIpc) is 2.66. The molecule has 0 aliphatic carbocycles. The maximum absolute atomic E-state index is 11.1. The number of nitrogens with zero attached hydrogens (tertiary/aromatic N) is 2. The summed E-state index contributed by atoms with van der Waals surface area (Å²) in [5.41, 5.74) is 1.90. The number of rotatable bonds is 9. The van der Waals surface area contributed by atoms with E-state index in [0.29, 0.717) is 30.3 Å². The van der Waals surface area contributed by atoms with E-state index in [1.54, 1.807) is 33.5 Å². The molecule has 0 bridgehead atoms. The first-order valence-electron chi connectivity index (χ1n) is 8.26. The Morgan fingerprint density at radius 3 is 2.15 bits per heavy atom. The van der Waals surface area contributed by atoms with Gasteiger partial charge in [-0.1, -0.05) is 13.0 Å². The van der Waals surface area contributed by atoms with E-state index in [0.717, 1.165) is 17.7 Å². The number of hydrogen-bond donors (Lipinski definition) is 0. The van der Waals surface area contributed by atoms with E-state index in [1.165, 1.54) is 6.07 Å². The van der Waals surface area contributed by atoms with Gasteiger partial charge in [0.1, 0.15) is 5.75 Å². The fourth-order valence-corrected chi connectivity index (χ4v) is 2.76. The molecular weight excluding hydrogens is 336 g/mol. The lowest BCUT2D eigenvalue weighted by molar-refractivity contribution is -0.385. The summed E-state index contributed by atoms with van der Waals surface area (Å²) in [6.45, 7) is 4.03. The molecule has 0 saturated carbocycles. The number of benzene rings is 2. The van der Waals surface area contributed by atoms with E-state index in [2.05, 4.69) is 4.90 Å². The molecule has 2 rings (SSSR count). The standard InChI is InChI=1S/C19H24N2O5/c1-5-20(12-14-6-8-18(25-3)19(10-14)26-4)13-15-11-16(21(22)23)7-9-17(15)24-2/h6-11H,5,12-13H2,1-4H3. The normalized spacial score (nSPS) is 10.7. The lowest BCUT2D eigenvalue weighted by Crippen LogP contribution is -2.22. The number of nitro benzene ring substituents is 1. The van der Waals surface area contributed by atoms with Crippen molar-refractivity contribution in [3.63, 3.8) is 0 Å². The molecule has 0 aliphatic heterocycles. The summed E-state index contributed by atoms with van der Waals surface area (Å²) in [5, 5.41) is 11.1. The summed E-state index contributed by atoms with van der Waals surface area (Å²) in [6, 6.07) is 10.4. The van der Waals surface area contributed by atoms with Gasteiger partial charge in [-0.25, -0.2) is 0 Å². The second kappa shape index (κ2) is 9.05. The van der Waals surface area contributed by atoms with E-state index in [9.17, 15) is 10.1 Å². The lowest BCUT2D eigenvalue weighted by Gasteiger charge is -2.22. The molecule has 0 fully saturated rings. The van der Waals surface area contributed by atoms with Crippen LogP contribution in [0.3, 0.4) is 0 Å². The summed E-state index contributed by atoms with van der Waals surface area (Å²) >= 11 is 0. The van der Waals surface area contributed by atoms with Crippen LogP contribution in [0, 0.1) is 10.1 Å². The van der Waals surface area contributed by atoms with Gasteiger partial charge in [0.15, 0.2) is 11.5 Å². The van der Waals surface area contributed by atoms with E-state index in [4.69, 9.17) is 14.2 Å². The first-order valence-corrected chi connectivity index (χ1v) is 8.26. The summed E-state index contributed by atoms with van der Waals surface area (Å²) in [7, 11) is 4.77. The molecule has 26 heavy (non-hydrogen) atoms. The van der Waals surface area contributed by atoms with Gasteiger partial charge >= 0.3 is 0 Å². The first kappa shape index (κ1) is 19.5. The highest BCUT2D eigenvalue weighted by Crippen LogP contribution is 2.29. The third-order valence-corrected chi connectivity index (χ3v) is 4.17. The van der Waals surface area contributed by atoms with Crippen LogP contribution in [0.1, 0.15) is 18.1 Å². The predicted molar refractivity (Wildman–Crippen MR) is 99.0 cm³/mol. The minimum absolute atomic E-state index is 0.0583. The first-order chi connectivity index (χ1) is 12.5. The minimum Gasteiger partial charge on any atom is -0.496 e. The zero-order valence-electron chi connectivity index (χ0n) is 15.5. The van der Waals surface area contributed by atoms with Gasteiger partial charge in [-0.15, -0.1) is 0 Å². The number of hydrogen-bond acceptors (Lipinski definition) is 6. The van der Waals surface area contributed by atoms with Gasteiger partial charge < -0.3 is 14.2 Å². The Bertz CT molecular complexity index is 764. The van der Waals surface area contributed by atoms with Crippen LogP contribution >= 0.6 is 0 Å². The molecule has 0 heterocycles. The highest BCUT2D eigenvalue weighted by molar-refractivity contribution is 5.44. The minimum atomic E-state index is -0.395. The molecule has 7 heteroatoms. The Hall–Kier alpha value is -2.80. The highest BCUT2D eigenvalue weighted by Gasteiger charge is 2.15. The van der Waals surface area contributed by atoms with Crippen LogP contribution < -0.4 is 14.2 Å². The summed E-state index contributed by atoms with van der Waals surface area (Å²) in [6.07, 6.45) is 0. The number of nitro groups is 1. The van der Waals surface area contributed by atoms with Crippen LogP contribution in [0.15, 0.2) is 36.4 Å². The molecule has 2 aromatic carbocycles. The van der Waals surface area contributed by atoms with Gasteiger partial charge in [-0.3, -0.25) is 15.0 Å². The molecule has 0 atom stereocenters. The monoisotopic (exact) mass is 360 g/mol. The van der Waals surface area contributed by atoms with Gasteiger partial charge in [0, 0.05) is 30.8 Å². The fourth-order valence-electron chi connectivity index (χ4n) is 2.76. The molecule has 0 radical (unpaired) electrons. The van der Waals surface area contributed by atoms with E-state index in [-0.39, 0.29) is 5.69 Å². The molecule has 0 N–H and O–H groups in total. The van der Waals surface area contributed by atoms with E-state index >= 15 is 0 Å². The molecule has 0 aromatic heterocycles. The van der Waals surface area contributed by atoms with Gasteiger partial charge in [-0.05, 0) is 30.3 Å². The Labute approximate surface area is 153 Å². The largest absolute Gasteiger partial charge is 0.496 e. The van der Waals surface area contributed by atoms with Crippen LogP contribution in [-0.2, 0) is 13.1 Å². The smallest absolute Gasteiger partial charge is 0.270 e. The van der Waals surface area contributed by atoms with Crippen LogP contribution in [-0.4, -0.2) is 37.7 Å². The van der Waals surface area contributed by atoms with E-state index < -0.39 is 4.92 Å². The quantitative estimate of drug-likeness (QED) is 0.502. The predicted octanol–water partition coefficient (Wildman–Crippen LogP) is 3.64. The summed E-state index contributed by atoms with van der Waals surface area (Å²) in [4.78, 5) is 12.8. The molecule has 0 unspecified atom stereocenters. The lowest BCUT2D eigenvalue weighted by atomic mass is 10.1.